The van der Waals surface area contributed by atoms with Crippen LogP contribution in [0.2, 0.25) is 0 Å². The molecule has 0 spiro atoms. The number of aromatic nitrogens is 3. The van der Waals surface area contributed by atoms with E-state index < -0.39 is 0 Å². The standard InChI is InChI=1S/C26H23N3O5S/c1-32-16-7-8-18(20(11-16)15-5-6-15)24-28-25-22(26(31)29(24)13-17-12-27-14-34-17)19-3-2-4-21(23(19)35-25)33-10-9-30/h2-4,7-8,11-12,14-15,30H,5-6,9-10,13H2,1H3. The van der Waals surface area contributed by atoms with Crippen LogP contribution in [0.1, 0.15) is 30.1 Å². The molecular formula is C26H23N3O5S. The first-order valence-electron chi connectivity index (χ1n) is 11.4. The summed E-state index contributed by atoms with van der Waals surface area (Å²) in [7, 11) is 1.66. The molecule has 1 N–H and O–H groups in total. The zero-order chi connectivity index (χ0) is 23.9. The number of oxazole rings is 1. The molecule has 0 bridgehead atoms. The van der Waals surface area contributed by atoms with Gasteiger partial charge in [-0.25, -0.2) is 9.97 Å². The minimum absolute atomic E-state index is 0.0882. The Kier molecular flexibility index (Phi) is 5.50. The Bertz CT molecular complexity index is 1580. The second-order valence-corrected chi connectivity index (χ2v) is 9.51. The van der Waals surface area contributed by atoms with E-state index in [-0.39, 0.29) is 25.3 Å². The lowest BCUT2D eigenvalue weighted by Gasteiger charge is -2.15. The predicted octanol–water partition coefficient (Wildman–Crippen LogP) is 4.57. The van der Waals surface area contributed by atoms with Crippen molar-refractivity contribution in [3.63, 3.8) is 0 Å². The molecule has 0 saturated heterocycles. The Morgan fingerprint density at radius 1 is 1.26 bits per heavy atom. The Hall–Kier alpha value is -3.69. The maximum atomic E-state index is 14.0. The SMILES string of the molecule is COc1ccc(-c2nc3sc4c(OCCO)cccc4c3c(=O)n2Cc2cnco2)c(C2CC2)c1. The first-order valence-corrected chi connectivity index (χ1v) is 12.2. The fourth-order valence-electron chi connectivity index (χ4n) is 4.46. The smallest absolute Gasteiger partial charge is 0.263 e. The number of thiophene rings is 1. The zero-order valence-electron chi connectivity index (χ0n) is 19.1. The van der Waals surface area contributed by atoms with Gasteiger partial charge >= 0.3 is 0 Å². The van der Waals surface area contributed by atoms with Crippen LogP contribution in [0.5, 0.6) is 11.5 Å². The van der Waals surface area contributed by atoms with Gasteiger partial charge in [-0.05, 0) is 48.6 Å². The van der Waals surface area contributed by atoms with E-state index >= 15 is 0 Å². The number of ether oxygens (including phenoxy) is 2. The predicted molar refractivity (Wildman–Crippen MR) is 134 cm³/mol. The molecule has 3 aromatic heterocycles. The Labute approximate surface area is 204 Å². The lowest BCUT2D eigenvalue weighted by atomic mass is 10.0. The third-order valence-corrected chi connectivity index (χ3v) is 7.36. The first kappa shape index (κ1) is 21.8. The molecule has 0 unspecified atom stereocenters. The van der Waals surface area contributed by atoms with Crippen molar-refractivity contribution < 1.29 is 19.0 Å². The molecule has 0 atom stereocenters. The van der Waals surface area contributed by atoms with Crippen molar-refractivity contribution in [3.05, 3.63) is 70.7 Å². The quantitative estimate of drug-likeness (QED) is 0.341. The number of benzene rings is 2. The summed E-state index contributed by atoms with van der Waals surface area (Å²) in [5.74, 6) is 3.00. The lowest BCUT2D eigenvalue weighted by Crippen LogP contribution is -2.24. The number of aliphatic hydroxyl groups excluding tert-OH is 1. The van der Waals surface area contributed by atoms with Gasteiger partial charge in [0.2, 0.25) is 0 Å². The van der Waals surface area contributed by atoms with E-state index in [1.807, 2.05) is 36.4 Å². The summed E-state index contributed by atoms with van der Waals surface area (Å²) in [6, 6.07) is 11.5. The summed E-state index contributed by atoms with van der Waals surface area (Å²) >= 11 is 1.42. The van der Waals surface area contributed by atoms with Crippen LogP contribution in [-0.2, 0) is 6.54 Å². The van der Waals surface area contributed by atoms with Crippen molar-refractivity contribution in [2.75, 3.05) is 20.3 Å². The molecule has 8 nitrogen and oxygen atoms in total. The fraction of sp³-hybridized carbons (Fsp3) is 0.269. The van der Waals surface area contributed by atoms with Crippen LogP contribution in [0.15, 0.2) is 58.2 Å². The highest BCUT2D eigenvalue weighted by Crippen LogP contribution is 2.46. The number of hydrogen-bond acceptors (Lipinski definition) is 8. The molecule has 1 aliphatic rings. The fourth-order valence-corrected chi connectivity index (χ4v) is 5.59. The first-order chi connectivity index (χ1) is 17.2. The highest BCUT2D eigenvalue weighted by molar-refractivity contribution is 7.25. The Morgan fingerprint density at radius 2 is 2.14 bits per heavy atom. The molecule has 35 heavy (non-hydrogen) atoms. The van der Waals surface area contributed by atoms with E-state index in [2.05, 4.69) is 4.98 Å². The molecule has 0 aliphatic heterocycles. The number of nitrogens with zero attached hydrogens (tertiary/aromatic N) is 3. The van der Waals surface area contributed by atoms with Gasteiger partial charge in [-0.2, -0.15) is 0 Å². The van der Waals surface area contributed by atoms with Gasteiger partial charge in [0.1, 0.15) is 34.5 Å². The monoisotopic (exact) mass is 489 g/mol. The van der Waals surface area contributed by atoms with Crippen molar-refractivity contribution in [2.24, 2.45) is 0 Å². The van der Waals surface area contributed by atoms with Gasteiger partial charge in [0.05, 0.1) is 36.5 Å². The second-order valence-electron chi connectivity index (χ2n) is 8.51. The average Bonchev–Trinajstić information content (AvgIpc) is 3.46. The summed E-state index contributed by atoms with van der Waals surface area (Å²) in [4.78, 5) is 23.7. The van der Waals surface area contributed by atoms with Crippen LogP contribution in [0.3, 0.4) is 0 Å². The average molecular weight is 490 g/mol. The number of fused-ring (bicyclic) bond motifs is 3. The molecule has 1 aliphatic carbocycles. The van der Waals surface area contributed by atoms with Gasteiger partial charge in [-0.1, -0.05) is 12.1 Å². The Morgan fingerprint density at radius 3 is 2.89 bits per heavy atom. The number of hydrogen-bond donors (Lipinski definition) is 1. The van der Waals surface area contributed by atoms with Crippen LogP contribution in [0.25, 0.3) is 31.7 Å². The molecule has 9 heteroatoms. The van der Waals surface area contributed by atoms with E-state index in [1.54, 1.807) is 17.9 Å². The second kappa shape index (κ2) is 8.83. The van der Waals surface area contributed by atoms with E-state index in [9.17, 15) is 9.90 Å². The summed E-state index contributed by atoms with van der Waals surface area (Å²) in [5, 5.41) is 10.5. The third-order valence-electron chi connectivity index (χ3n) is 6.25. The van der Waals surface area contributed by atoms with Crippen LogP contribution >= 0.6 is 11.3 Å². The van der Waals surface area contributed by atoms with Crippen molar-refractivity contribution in [3.8, 4) is 22.9 Å². The maximum absolute atomic E-state index is 14.0. The summed E-state index contributed by atoms with van der Waals surface area (Å²) in [6.45, 7) is 0.304. The molecule has 2 aromatic carbocycles. The summed E-state index contributed by atoms with van der Waals surface area (Å²) < 4.78 is 19.2. The van der Waals surface area contributed by atoms with Gasteiger partial charge in [0, 0.05) is 10.9 Å². The molecule has 6 rings (SSSR count). The number of methoxy groups -OCH3 is 1. The van der Waals surface area contributed by atoms with E-state index in [0.29, 0.717) is 33.5 Å². The van der Waals surface area contributed by atoms with Crippen molar-refractivity contribution >= 4 is 31.6 Å². The van der Waals surface area contributed by atoms with Crippen LogP contribution in [-0.4, -0.2) is 40.0 Å². The van der Waals surface area contributed by atoms with Crippen LogP contribution < -0.4 is 15.0 Å². The number of aliphatic hydroxyl groups is 1. The number of rotatable bonds is 8. The van der Waals surface area contributed by atoms with Gasteiger partial charge in [0.15, 0.2) is 6.39 Å². The summed E-state index contributed by atoms with van der Waals surface area (Å²) in [5.41, 5.74) is 1.90. The third kappa shape index (κ3) is 3.86. The van der Waals surface area contributed by atoms with Crippen molar-refractivity contribution in [1.29, 1.82) is 0 Å². The van der Waals surface area contributed by atoms with Gasteiger partial charge < -0.3 is 19.0 Å². The van der Waals surface area contributed by atoms with E-state index in [4.69, 9.17) is 18.9 Å². The van der Waals surface area contributed by atoms with E-state index in [1.165, 1.54) is 17.7 Å². The van der Waals surface area contributed by atoms with Gasteiger partial charge in [-0.15, -0.1) is 11.3 Å². The normalized spacial score (nSPS) is 13.5. The molecule has 0 radical (unpaired) electrons. The van der Waals surface area contributed by atoms with Crippen molar-refractivity contribution in [2.45, 2.75) is 25.3 Å². The zero-order valence-corrected chi connectivity index (χ0v) is 19.9. The van der Waals surface area contributed by atoms with Crippen LogP contribution in [0, 0.1) is 0 Å². The molecule has 1 fully saturated rings. The lowest BCUT2D eigenvalue weighted by molar-refractivity contribution is 0.203. The minimum Gasteiger partial charge on any atom is -0.497 e. The molecule has 5 aromatic rings. The largest absolute Gasteiger partial charge is 0.497 e. The molecule has 3 heterocycles. The van der Waals surface area contributed by atoms with E-state index in [0.717, 1.165) is 39.8 Å². The topological polar surface area (TPSA) is 99.6 Å². The van der Waals surface area contributed by atoms with Crippen LogP contribution in [0.4, 0.5) is 0 Å². The minimum atomic E-state index is -0.149. The maximum Gasteiger partial charge on any atom is 0.263 e. The summed E-state index contributed by atoms with van der Waals surface area (Å²) in [6.07, 6.45) is 5.18. The highest BCUT2D eigenvalue weighted by Gasteiger charge is 2.29. The Balaban J connectivity index is 1.63. The molecule has 1 saturated carbocycles. The molecular weight excluding hydrogens is 466 g/mol. The highest BCUT2D eigenvalue weighted by atomic mass is 32.1. The molecule has 178 valence electrons. The van der Waals surface area contributed by atoms with Gasteiger partial charge in [0.25, 0.3) is 5.56 Å². The van der Waals surface area contributed by atoms with Crippen molar-refractivity contribution in [1.82, 2.24) is 14.5 Å². The van der Waals surface area contributed by atoms with Gasteiger partial charge in [-0.3, -0.25) is 9.36 Å². The molecule has 0 amide bonds.